The molecule has 1 aromatic heterocycles. The highest BCUT2D eigenvalue weighted by Gasteiger charge is 2.69. The van der Waals surface area contributed by atoms with Gasteiger partial charge in [-0.25, -0.2) is 0 Å². The van der Waals surface area contributed by atoms with Gasteiger partial charge in [-0.2, -0.15) is 4.37 Å². The van der Waals surface area contributed by atoms with Crippen LogP contribution in [-0.4, -0.2) is 40.7 Å². The van der Waals surface area contributed by atoms with Crippen molar-refractivity contribution in [2.45, 2.75) is 5.41 Å². The van der Waals surface area contributed by atoms with E-state index in [9.17, 15) is 9.59 Å². The molecule has 124 valence electrons. The van der Waals surface area contributed by atoms with Crippen LogP contribution in [0.1, 0.15) is 26.4 Å². The average Bonchev–Trinajstić information content (AvgIpc) is 3.10. The molecule has 1 aliphatic carbocycles. The summed E-state index contributed by atoms with van der Waals surface area (Å²) in [6.07, 6.45) is 0. The molecule has 5 nitrogen and oxygen atoms in total. The Kier molecular flexibility index (Phi) is 3.53. The largest absolute Gasteiger partial charge is 0.316 e. The van der Waals surface area contributed by atoms with Crippen LogP contribution in [0.5, 0.6) is 0 Å². The van der Waals surface area contributed by atoms with Crippen LogP contribution in [0.15, 0.2) is 35.7 Å². The Labute approximate surface area is 149 Å². The second-order valence-electron chi connectivity index (χ2n) is 6.54. The maximum atomic E-state index is 12.7. The summed E-state index contributed by atoms with van der Waals surface area (Å²) in [6, 6.07) is 9.13. The fourth-order valence-corrected chi connectivity index (χ4v) is 5.04. The van der Waals surface area contributed by atoms with Crippen LogP contribution in [-0.2, 0) is 5.41 Å². The van der Waals surface area contributed by atoms with Crippen molar-refractivity contribution in [3.8, 4) is 0 Å². The summed E-state index contributed by atoms with van der Waals surface area (Å²) in [5, 5.41) is 5.36. The summed E-state index contributed by atoms with van der Waals surface area (Å²) in [5.41, 5.74) is 1.93. The van der Waals surface area contributed by atoms with Crippen LogP contribution in [0.3, 0.4) is 0 Å². The fourth-order valence-electron chi connectivity index (χ4n) is 4.44. The Morgan fingerprint density at radius 3 is 2.29 bits per heavy atom. The first-order valence-corrected chi connectivity index (χ1v) is 8.64. The lowest BCUT2D eigenvalue weighted by molar-refractivity contribution is 0.0631. The predicted octanol–water partition coefficient (Wildman–Crippen LogP) is 1.95. The number of piperidine rings is 1. The Bertz CT molecular complexity index is 778. The van der Waals surface area contributed by atoms with Gasteiger partial charge in [0.2, 0.25) is 0 Å². The summed E-state index contributed by atoms with van der Waals surface area (Å²) >= 11 is 1.43. The Balaban J connectivity index is 0.00000146. The van der Waals surface area contributed by atoms with Gasteiger partial charge in [-0.3, -0.25) is 14.5 Å². The van der Waals surface area contributed by atoms with E-state index in [1.807, 2.05) is 11.4 Å². The van der Waals surface area contributed by atoms with E-state index in [4.69, 9.17) is 0 Å². The van der Waals surface area contributed by atoms with Crippen molar-refractivity contribution in [3.63, 3.8) is 0 Å². The number of nitrogens with zero attached hydrogens (tertiary/aromatic N) is 2. The van der Waals surface area contributed by atoms with Crippen LogP contribution in [0, 0.1) is 11.8 Å². The highest BCUT2D eigenvalue weighted by molar-refractivity contribution is 7.03. The number of imide groups is 1. The van der Waals surface area contributed by atoms with Gasteiger partial charge in [0.25, 0.3) is 11.8 Å². The fraction of sp³-hybridized carbons (Fsp3) is 0.353. The second kappa shape index (κ2) is 5.37. The molecule has 2 amide bonds. The van der Waals surface area contributed by atoms with Gasteiger partial charge in [0.1, 0.15) is 0 Å². The molecular formula is C17H16ClN3O2S. The monoisotopic (exact) mass is 361 g/mol. The zero-order valence-corrected chi connectivity index (χ0v) is 14.4. The summed E-state index contributed by atoms with van der Waals surface area (Å²) in [6.45, 7) is 2.32. The summed E-state index contributed by atoms with van der Waals surface area (Å²) < 4.78 is 4.54. The molecular weight excluding hydrogens is 346 g/mol. The van der Waals surface area contributed by atoms with Crippen LogP contribution in [0.2, 0.25) is 0 Å². The van der Waals surface area contributed by atoms with Gasteiger partial charge in [-0.15, -0.1) is 12.4 Å². The van der Waals surface area contributed by atoms with Gasteiger partial charge in [0.05, 0.1) is 16.8 Å². The zero-order valence-electron chi connectivity index (χ0n) is 12.8. The Morgan fingerprint density at radius 2 is 1.75 bits per heavy atom. The summed E-state index contributed by atoms with van der Waals surface area (Å²) in [4.78, 5) is 26.8. The third-order valence-corrected chi connectivity index (χ3v) is 6.20. The van der Waals surface area contributed by atoms with Gasteiger partial charge in [-0.05, 0) is 54.7 Å². The van der Waals surface area contributed by atoms with Crippen LogP contribution >= 0.6 is 23.9 Å². The van der Waals surface area contributed by atoms with Crippen molar-refractivity contribution in [1.82, 2.24) is 14.6 Å². The molecule has 2 aliphatic heterocycles. The molecule has 1 aromatic carbocycles. The van der Waals surface area contributed by atoms with E-state index in [0.29, 0.717) is 29.5 Å². The Hall–Kier alpha value is -1.76. The number of carbonyl (C=O) groups excluding carboxylic acids is 2. The third kappa shape index (κ3) is 1.87. The van der Waals surface area contributed by atoms with E-state index in [0.717, 1.165) is 18.8 Å². The molecule has 0 spiro atoms. The summed E-state index contributed by atoms with van der Waals surface area (Å²) in [7, 11) is 0. The van der Waals surface area contributed by atoms with Crippen molar-refractivity contribution < 1.29 is 9.59 Å². The standard InChI is InChI=1S/C17H15N3O2S.ClH/c21-15-10-3-1-2-4-11(10)16(22)20(15)9-17(14-5-6-23-19-14)12-7-18-8-13(12)17;/h1-6,12-13,18H,7-9H2;1H. The van der Waals surface area contributed by atoms with Crippen molar-refractivity contribution in [2.75, 3.05) is 19.6 Å². The van der Waals surface area contributed by atoms with Crippen molar-refractivity contribution >= 4 is 35.8 Å². The average molecular weight is 362 g/mol. The van der Waals surface area contributed by atoms with Crippen LogP contribution < -0.4 is 5.32 Å². The van der Waals surface area contributed by atoms with E-state index in [1.165, 1.54) is 16.4 Å². The second-order valence-corrected chi connectivity index (χ2v) is 7.20. The molecule has 2 atom stereocenters. The minimum atomic E-state index is -0.168. The van der Waals surface area contributed by atoms with Crippen molar-refractivity contribution in [2.24, 2.45) is 11.8 Å². The Morgan fingerprint density at radius 1 is 1.12 bits per heavy atom. The smallest absolute Gasteiger partial charge is 0.261 e. The molecule has 1 N–H and O–H groups in total. The molecule has 3 heterocycles. The van der Waals surface area contributed by atoms with E-state index in [-0.39, 0.29) is 29.6 Å². The lowest BCUT2D eigenvalue weighted by Crippen LogP contribution is -2.41. The van der Waals surface area contributed by atoms with Gasteiger partial charge < -0.3 is 5.32 Å². The molecule has 24 heavy (non-hydrogen) atoms. The highest BCUT2D eigenvalue weighted by Crippen LogP contribution is 2.62. The summed E-state index contributed by atoms with van der Waals surface area (Å²) in [5.74, 6) is 0.596. The van der Waals surface area contributed by atoms with Gasteiger partial charge in [-0.1, -0.05) is 12.1 Å². The molecule has 5 rings (SSSR count). The molecule has 3 aliphatic rings. The predicted molar refractivity (Wildman–Crippen MR) is 92.7 cm³/mol. The van der Waals surface area contributed by atoms with Gasteiger partial charge >= 0.3 is 0 Å². The number of carbonyl (C=O) groups is 2. The molecule has 1 saturated heterocycles. The van der Waals surface area contributed by atoms with Gasteiger partial charge in [0.15, 0.2) is 0 Å². The number of benzene rings is 1. The van der Waals surface area contributed by atoms with Crippen LogP contribution in [0.4, 0.5) is 0 Å². The minimum Gasteiger partial charge on any atom is -0.316 e. The number of halogens is 1. The molecule has 2 fully saturated rings. The zero-order chi connectivity index (χ0) is 15.6. The minimum absolute atomic E-state index is 0. The van der Waals surface area contributed by atoms with Crippen molar-refractivity contribution in [3.05, 3.63) is 52.5 Å². The third-order valence-electron chi connectivity index (χ3n) is 5.64. The quantitative estimate of drug-likeness (QED) is 0.849. The molecule has 1 saturated carbocycles. The number of aromatic nitrogens is 1. The number of amides is 2. The van der Waals surface area contributed by atoms with E-state index in [2.05, 4.69) is 9.69 Å². The van der Waals surface area contributed by atoms with E-state index < -0.39 is 0 Å². The van der Waals surface area contributed by atoms with E-state index >= 15 is 0 Å². The number of hydrogen-bond acceptors (Lipinski definition) is 5. The topological polar surface area (TPSA) is 62.3 Å². The lowest BCUT2D eigenvalue weighted by atomic mass is 9.95. The maximum absolute atomic E-state index is 12.7. The first-order chi connectivity index (χ1) is 11.2. The number of nitrogens with one attached hydrogen (secondary N) is 1. The number of fused-ring (bicyclic) bond motifs is 2. The molecule has 0 bridgehead atoms. The van der Waals surface area contributed by atoms with Crippen LogP contribution in [0.25, 0.3) is 0 Å². The normalized spacial score (nSPS) is 30.1. The lowest BCUT2D eigenvalue weighted by Gasteiger charge is -2.24. The molecule has 2 aromatic rings. The van der Waals surface area contributed by atoms with E-state index in [1.54, 1.807) is 24.3 Å². The highest BCUT2D eigenvalue weighted by atomic mass is 35.5. The number of hydrogen-bond donors (Lipinski definition) is 1. The molecule has 7 heteroatoms. The van der Waals surface area contributed by atoms with Gasteiger partial charge in [0, 0.05) is 17.3 Å². The van der Waals surface area contributed by atoms with Crippen molar-refractivity contribution in [1.29, 1.82) is 0 Å². The molecule has 0 radical (unpaired) electrons. The molecule has 2 unspecified atom stereocenters. The maximum Gasteiger partial charge on any atom is 0.261 e. The first-order valence-electron chi connectivity index (χ1n) is 7.80. The SMILES string of the molecule is Cl.O=C1c2ccccc2C(=O)N1CC1(c2ccsn2)C2CNCC21. The number of rotatable bonds is 3. The first kappa shape index (κ1) is 15.7.